The second kappa shape index (κ2) is 2.66. The van der Waals surface area contributed by atoms with E-state index in [2.05, 4.69) is 9.56 Å². The molecule has 0 spiro atoms. The first kappa shape index (κ1) is 8.59. The number of carbonyl (C=O) groups is 1. The van der Waals surface area contributed by atoms with Gasteiger partial charge in [0, 0.05) is 12.6 Å². The van der Waals surface area contributed by atoms with Crippen molar-refractivity contribution < 1.29 is 9.37 Å². The van der Waals surface area contributed by atoms with Crippen molar-refractivity contribution in [2.24, 2.45) is 0 Å². The maximum Gasteiger partial charge on any atom is 0.224 e. The van der Waals surface area contributed by atoms with E-state index in [9.17, 15) is 4.79 Å². The van der Waals surface area contributed by atoms with E-state index in [1.54, 1.807) is 0 Å². The zero-order valence-electron chi connectivity index (χ0n) is 8.55. The lowest BCUT2D eigenvalue weighted by atomic mass is 9.88. The summed E-state index contributed by atoms with van der Waals surface area (Å²) < 4.78 is 2.15. The second-order valence-electron chi connectivity index (χ2n) is 4.17. The first-order chi connectivity index (χ1) is 7.18. The average Bonchev–Trinajstić information content (AvgIpc) is 2.64. The Kier molecular flexibility index (Phi) is 1.52. The highest BCUT2D eigenvalue weighted by Gasteiger charge is 2.37. The zero-order chi connectivity index (χ0) is 10.6. The van der Waals surface area contributed by atoms with Crippen LogP contribution in [0.4, 0.5) is 0 Å². The van der Waals surface area contributed by atoms with Crippen molar-refractivity contribution in [2.45, 2.75) is 12.8 Å². The largest absolute Gasteiger partial charge is 0.357 e. The van der Waals surface area contributed by atoms with E-state index in [0.29, 0.717) is 12.1 Å². The summed E-state index contributed by atoms with van der Waals surface area (Å²) in [5.74, 6) is -0.143. The molecule has 1 aromatic heterocycles. The molecule has 0 saturated heterocycles. The van der Waals surface area contributed by atoms with E-state index < -0.39 is 0 Å². The normalized spacial score (nSPS) is 19.5. The number of hydrogen-bond donors (Lipinski definition) is 2. The topological polar surface area (TPSA) is 59.7 Å². The third kappa shape index (κ3) is 0.988. The zero-order valence-corrected chi connectivity index (χ0v) is 8.55. The molecule has 2 heterocycles. The second-order valence-corrected chi connectivity index (χ2v) is 4.17. The van der Waals surface area contributed by atoms with Crippen LogP contribution in [0.5, 0.6) is 0 Å². The number of ketones is 1. The Bertz CT molecular complexity index is 522. The fourth-order valence-electron chi connectivity index (χ4n) is 2.41. The number of rotatable bonds is 0. The molecule has 2 N–H and O–H groups in total. The van der Waals surface area contributed by atoms with Crippen LogP contribution in [-0.2, 0) is 6.42 Å². The minimum Gasteiger partial charge on any atom is -0.357 e. The molecule has 1 aromatic rings. The molecule has 2 aliphatic rings. The van der Waals surface area contributed by atoms with E-state index in [4.69, 9.17) is 5.41 Å². The monoisotopic (exact) mass is 202 g/mol. The standard InChI is InChI=1S/C11H11N3O/c1-14-3-2-6-5-13-10-9(6)8(14)4-7(12)11(10)15/h5,12H,2-4H2,1H3/p+1. The summed E-state index contributed by atoms with van der Waals surface area (Å²) in [5.41, 5.74) is 4.21. The van der Waals surface area contributed by atoms with Gasteiger partial charge in [0.15, 0.2) is 5.71 Å². The first-order valence-corrected chi connectivity index (χ1v) is 5.08. The molecule has 4 heteroatoms. The average molecular weight is 202 g/mol. The highest BCUT2D eigenvalue weighted by molar-refractivity contribution is 6.51. The van der Waals surface area contributed by atoms with Gasteiger partial charge < -0.3 is 10.4 Å². The van der Waals surface area contributed by atoms with Crippen LogP contribution in [0.25, 0.3) is 0 Å². The number of nitrogens with one attached hydrogen (secondary N) is 2. The fraction of sp³-hybridized carbons (Fsp3) is 0.364. The molecule has 3 rings (SSSR count). The van der Waals surface area contributed by atoms with Crippen LogP contribution in [0.3, 0.4) is 0 Å². The van der Waals surface area contributed by atoms with Gasteiger partial charge in [-0.3, -0.25) is 4.79 Å². The van der Waals surface area contributed by atoms with Crippen molar-refractivity contribution in [2.75, 3.05) is 13.6 Å². The minimum atomic E-state index is -0.143. The lowest BCUT2D eigenvalue weighted by Crippen LogP contribution is -2.35. The van der Waals surface area contributed by atoms with Crippen LogP contribution in [-0.4, -0.2) is 40.4 Å². The van der Waals surface area contributed by atoms with Crippen LogP contribution in [0, 0.1) is 5.41 Å². The molecule has 76 valence electrons. The van der Waals surface area contributed by atoms with Gasteiger partial charge in [-0.2, -0.15) is 0 Å². The maximum absolute atomic E-state index is 11.7. The highest BCUT2D eigenvalue weighted by Crippen LogP contribution is 2.25. The molecule has 0 amide bonds. The number of aromatic amines is 1. The van der Waals surface area contributed by atoms with E-state index in [0.717, 1.165) is 24.2 Å². The Labute approximate surface area is 87.1 Å². The third-order valence-corrected chi connectivity index (χ3v) is 3.27. The lowest BCUT2D eigenvalue weighted by Gasteiger charge is -2.18. The van der Waals surface area contributed by atoms with Crippen molar-refractivity contribution in [3.8, 4) is 0 Å². The van der Waals surface area contributed by atoms with Gasteiger partial charge >= 0.3 is 0 Å². The van der Waals surface area contributed by atoms with Crippen LogP contribution >= 0.6 is 0 Å². The van der Waals surface area contributed by atoms with Crippen molar-refractivity contribution in [1.82, 2.24) is 4.98 Å². The Morgan fingerprint density at radius 1 is 1.53 bits per heavy atom. The molecular weight excluding hydrogens is 190 g/mol. The van der Waals surface area contributed by atoms with E-state index >= 15 is 0 Å². The molecule has 0 saturated carbocycles. The van der Waals surface area contributed by atoms with Gasteiger partial charge in [0.05, 0.1) is 17.7 Å². The van der Waals surface area contributed by atoms with Gasteiger partial charge in [-0.15, -0.1) is 0 Å². The molecule has 0 bridgehead atoms. The van der Waals surface area contributed by atoms with E-state index in [-0.39, 0.29) is 11.5 Å². The van der Waals surface area contributed by atoms with Crippen molar-refractivity contribution in [3.05, 3.63) is 23.0 Å². The summed E-state index contributed by atoms with van der Waals surface area (Å²) in [7, 11) is 2.03. The molecule has 0 radical (unpaired) electrons. The van der Waals surface area contributed by atoms with Crippen LogP contribution in [0.15, 0.2) is 6.20 Å². The molecule has 15 heavy (non-hydrogen) atoms. The molecule has 0 atom stereocenters. The molecular formula is C11H12N3O+. The molecule has 0 aromatic carbocycles. The summed E-state index contributed by atoms with van der Waals surface area (Å²) in [6, 6.07) is 0. The summed E-state index contributed by atoms with van der Waals surface area (Å²) in [6.45, 7) is 0.973. The third-order valence-electron chi connectivity index (χ3n) is 3.27. The SMILES string of the molecule is C[N+]1=C2CC(=N)C(=O)c3[nH]cc(c32)CC1. The van der Waals surface area contributed by atoms with Crippen LogP contribution in [0.2, 0.25) is 0 Å². The number of aromatic nitrogens is 1. The Balaban J connectivity index is 2.34. The smallest absolute Gasteiger partial charge is 0.224 e. The van der Waals surface area contributed by atoms with Crippen LogP contribution in [0.1, 0.15) is 28.0 Å². The Morgan fingerprint density at radius 2 is 2.33 bits per heavy atom. The molecule has 4 nitrogen and oxygen atoms in total. The predicted molar refractivity (Wildman–Crippen MR) is 56.3 cm³/mol. The summed E-state index contributed by atoms with van der Waals surface area (Å²) in [5, 5.41) is 7.67. The Hall–Kier alpha value is -1.71. The highest BCUT2D eigenvalue weighted by atomic mass is 16.1. The maximum atomic E-state index is 11.7. The lowest BCUT2D eigenvalue weighted by molar-refractivity contribution is -0.498. The van der Waals surface area contributed by atoms with Crippen molar-refractivity contribution >= 4 is 17.2 Å². The number of H-pyrrole nitrogens is 1. The molecule has 1 aliphatic heterocycles. The number of Topliss-reactive ketones (excluding diaryl/α,β-unsaturated/α-hetero) is 1. The summed E-state index contributed by atoms with van der Waals surface area (Å²) in [6.07, 6.45) is 3.37. The van der Waals surface area contributed by atoms with Gasteiger partial charge in [-0.1, -0.05) is 0 Å². The first-order valence-electron chi connectivity index (χ1n) is 5.08. The summed E-state index contributed by atoms with van der Waals surface area (Å²) >= 11 is 0. The summed E-state index contributed by atoms with van der Waals surface area (Å²) in [4.78, 5) is 14.7. The quantitative estimate of drug-likeness (QED) is 0.595. The Morgan fingerprint density at radius 3 is 3.13 bits per heavy atom. The van der Waals surface area contributed by atoms with Gasteiger partial charge in [-0.05, 0) is 5.56 Å². The van der Waals surface area contributed by atoms with Crippen molar-refractivity contribution in [1.29, 1.82) is 5.41 Å². The van der Waals surface area contributed by atoms with E-state index in [1.165, 1.54) is 5.56 Å². The van der Waals surface area contributed by atoms with Crippen molar-refractivity contribution in [3.63, 3.8) is 0 Å². The van der Waals surface area contributed by atoms with Crippen LogP contribution < -0.4 is 0 Å². The predicted octanol–water partition coefficient (Wildman–Crippen LogP) is 0.608. The number of nitrogens with zero attached hydrogens (tertiary/aromatic N) is 1. The van der Waals surface area contributed by atoms with Gasteiger partial charge in [0.2, 0.25) is 5.78 Å². The van der Waals surface area contributed by atoms with Gasteiger partial charge in [-0.25, -0.2) is 4.58 Å². The molecule has 1 aliphatic carbocycles. The number of likely N-dealkylation sites (N-methyl/N-ethyl adjacent to an activating group) is 1. The van der Waals surface area contributed by atoms with Gasteiger partial charge in [0.1, 0.15) is 19.3 Å². The molecule has 0 unspecified atom stereocenters. The number of hydrogen-bond acceptors (Lipinski definition) is 2. The van der Waals surface area contributed by atoms with E-state index in [1.807, 2.05) is 13.2 Å². The fourth-order valence-corrected chi connectivity index (χ4v) is 2.41. The molecule has 0 fully saturated rings. The minimum absolute atomic E-state index is 0.143. The van der Waals surface area contributed by atoms with Gasteiger partial charge in [0.25, 0.3) is 0 Å². The number of carbonyl (C=O) groups excluding carboxylic acids is 1.